The van der Waals surface area contributed by atoms with E-state index in [1.54, 1.807) is 0 Å². The highest BCUT2D eigenvalue weighted by Crippen LogP contribution is 2.16. The Morgan fingerprint density at radius 2 is 2.08 bits per heavy atom. The van der Waals surface area contributed by atoms with E-state index in [0.717, 1.165) is 6.42 Å². The quantitative estimate of drug-likeness (QED) is 0.478. The van der Waals surface area contributed by atoms with E-state index in [-0.39, 0.29) is 0 Å². The zero-order chi connectivity index (χ0) is 9.52. The van der Waals surface area contributed by atoms with Crippen LogP contribution in [-0.4, -0.2) is 0 Å². The van der Waals surface area contributed by atoms with Gasteiger partial charge < -0.3 is 0 Å². The van der Waals surface area contributed by atoms with Crippen LogP contribution >= 0.6 is 0 Å². The summed E-state index contributed by atoms with van der Waals surface area (Å²) in [6.07, 6.45) is 4.94. The van der Waals surface area contributed by atoms with Crippen molar-refractivity contribution in [2.24, 2.45) is 0 Å². The minimum Gasteiger partial charge on any atom is -0.129 e. The molecule has 1 aromatic rings. The topological polar surface area (TPSA) is 0 Å². The van der Waals surface area contributed by atoms with Crippen molar-refractivity contribution >= 4 is 5.57 Å². The van der Waals surface area contributed by atoms with Gasteiger partial charge in [0.05, 0.1) is 0 Å². The molecule has 0 radical (unpaired) electrons. The van der Waals surface area contributed by atoms with Gasteiger partial charge in [0.15, 0.2) is 0 Å². The predicted molar refractivity (Wildman–Crippen MR) is 58.4 cm³/mol. The summed E-state index contributed by atoms with van der Waals surface area (Å²) >= 11 is 0. The van der Waals surface area contributed by atoms with Gasteiger partial charge in [0.2, 0.25) is 0 Å². The number of hydrogen-bond donors (Lipinski definition) is 0. The van der Waals surface area contributed by atoms with Crippen LogP contribution in [0.15, 0.2) is 54.8 Å². The van der Waals surface area contributed by atoms with Crippen molar-refractivity contribution in [2.75, 3.05) is 0 Å². The molecule has 0 heteroatoms. The zero-order valence-corrected chi connectivity index (χ0v) is 7.96. The predicted octanol–water partition coefficient (Wildman–Crippen LogP) is 3.82. The Balaban J connectivity index is 2.97. The highest BCUT2D eigenvalue weighted by molar-refractivity contribution is 5.66. The minimum atomic E-state index is 1.03. The molecule has 0 heterocycles. The summed E-state index contributed by atoms with van der Waals surface area (Å²) in [5.74, 6) is 0. The van der Waals surface area contributed by atoms with Gasteiger partial charge in [-0.3, -0.25) is 0 Å². The molecular weight excluding hydrogens is 156 g/mol. The van der Waals surface area contributed by atoms with Gasteiger partial charge in [0.25, 0.3) is 0 Å². The van der Waals surface area contributed by atoms with E-state index in [1.165, 1.54) is 11.1 Å². The molecule has 0 spiro atoms. The minimum absolute atomic E-state index is 1.03. The van der Waals surface area contributed by atoms with Crippen LogP contribution in [0.5, 0.6) is 0 Å². The molecule has 13 heavy (non-hydrogen) atoms. The van der Waals surface area contributed by atoms with Crippen molar-refractivity contribution in [1.82, 2.24) is 0 Å². The monoisotopic (exact) mass is 170 g/mol. The van der Waals surface area contributed by atoms with Crippen LogP contribution in [-0.2, 0) is 0 Å². The lowest BCUT2D eigenvalue weighted by Gasteiger charge is -2.02. The van der Waals surface area contributed by atoms with E-state index in [1.807, 2.05) is 12.1 Å². The van der Waals surface area contributed by atoms with Gasteiger partial charge in [0.1, 0.15) is 0 Å². The van der Waals surface area contributed by atoms with Crippen molar-refractivity contribution in [3.63, 3.8) is 0 Å². The fourth-order valence-corrected chi connectivity index (χ4v) is 1.23. The average molecular weight is 170 g/mol. The lowest BCUT2D eigenvalue weighted by atomic mass is 10.0. The standard InChI is InChI=1S/C13H14/c1-3-5-9-12(4-2)13-10-7-6-8-11-13/h5-11H,1,4H2,2H3/b12-9+. The van der Waals surface area contributed by atoms with Gasteiger partial charge in [-0.1, -0.05) is 49.9 Å². The second-order valence-electron chi connectivity index (χ2n) is 2.78. The average Bonchev–Trinajstić information content (AvgIpc) is 2.21. The second kappa shape index (κ2) is 5.18. The Bertz CT molecular complexity index is 324. The summed E-state index contributed by atoms with van der Waals surface area (Å²) in [5, 5.41) is 0. The Morgan fingerprint density at radius 1 is 1.38 bits per heavy atom. The normalized spacial score (nSPS) is 10.7. The Hall–Kier alpha value is -1.52. The number of hydrogen-bond acceptors (Lipinski definition) is 0. The van der Waals surface area contributed by atoms with Gasteiger partial charge >= 0.3 is 0 Å². The molecule has 1 rings (SSSR count). The smallest absolute Gasteiger partial charge is 0.0203 e. The first-order valence-electron chi connectivity index (χ1n) is 4.49. The molecule has 1 aromatic carbocycles. The molecule has 0 atom stereocenters. The third-order valence-corrected chi connectivity index (χ3v) is 1.93. The van der Waals surface area contributed by atoms with Crippen molar-refractivity contribution in [1.29, 1.82) is 0 Å². The SMILES string of the molecule is C=C=C/C=C(\CC)c1ccccc1. The van der Waals surface area contributed by atoms with Crippen LogP contribution in [0.2, 0.25) is 0 Å². The van der Waals surface area contributed by atoms with Crippen molar-refractivity contribution < 1.29 is 0 Å². The first-order valence-corrected chi connectivity index (χ1v) is 4.49. The zero-order valence-electron chi connectivity index (χ0n) is 7.96. The second-order valence-corrected chi connectivity index (χ2v) is 2.78. The molecule has 0 aromatic heterocycles. The van der Waals surface area contributed by atoms with E-state index in [2.05, 4.69) is 49.6 Å². The van der Waals surface area contributed by atoms with E-state index in [4.69, 9.17) is 0 Å². The molecule has 0 nitrogen and oxygen atoms in total. The number of allylic oxidation sites excluding steroid dienone is 3. The largest absolute Gasteiger partial charge is 0.129 e. The van der Waals surface area contributed by atoms with Crippen LogP contribution in [0.25, 0.3) is 5.57 Å². The van der Waals surface area contributed by atoms with Crippen LogP contribution in [0.4, 0.5) is 0 Å². The summed E-state index contributed by atoms with van der Waals surface area (Å²) in [6.45, 7) is 5.68. The summed E-state index contributed by atoms with van der Waals surface area (Å²) in [4.78, 5) is 0. The molecule has 66 valence electrons. The molecule has 0 fully saturated rings. The van der Waals surface area contributed by atoms with Crippen molar-refractivity contribution in [3.8, 4) is 0 Å². The summed E-state index contributed by atoms with van der Waals surface area (Å²) in [5.41, 5.74) is 5.34. The Morgan fingerprint density at radius 3 is 2.62 bits per heavy atom. The molecule has 0 unspecified atom stereocenters. The third-order valence-electron chi connectivity index (χ3n) is 1.93. The first kappa shape index (κ1) is 9.57. The first-order chi connectivity index (χ1) is 6.38. The maximum Gasteiger partial charge on any atom is -0.0203 e. The highest BCUT2D eigenvalue weighted by Gasteiger charge is 1.94. The molecule has 0 saturated carbocycles. The van der Waals surface area contributed by atoms with Crippen molar-refractivity contribution in [2.45, 2.75) is 13.3 Å². The van der Waals surface area contributed by atoms with Gasteiger partial charge in [-0.25, -0.2) is 0 Å². The molecule has 0 bridgehead atoms. The molecule has 0 amide bonds. The Kier molecular flexibility index (Phi) is 3.81. The van der Waals surface area contributed by atoms with Gasteiger partial charge in [-0.05, 0) is 23.6 Å². The van der Waals surface area contributed by atoms with Crippen LogP contribution < -0.4 is 0 Å². The van der Waals surface area contributed by atoms with Gasteiger partial charge in [-0.2, -0.15) is 0 Å². The summed E-state index contributed by atoms with van der Waals surface area (Å²) in [7, 11) is 0. The Labute approximate surface area is 79.9 Å². The highest BCUT2D eigenvalue weighted by atomic mass is 14.0. The van der Waals surface area contributed by atoms with Crippen LogP contribution in [0.3, 0.4) is 0 Å². The lowest BCUT2D eigenvalue weighted by molar-refractivity contribution is 1.24. The maximum absolute atomic E-state index is 3.54. The molecule has 0 aliphatic carbocycles. The van der Waals surface area contributed by atoms with Gasteiger partial charge in [0, 0.05) is 0 Å². The van der Waals surface area contributed by atoms with Crippen molar-refractivity contribution in [3.05, 3.63) is 60.4 Å². The number of rotatable bonds is 3. The van der Waals surface area contributed by atoms with E-state index in [9.17, 15) is 0 Å². The van der Waals surface area contributed by atoms with E-state index >= 15 is 0 Å². The molecule has 0 aliphatic rings. The summed E-state index contributed by atoms with van der Waals surface area (Å²) < 4.78 is 0. The van der Waals surface area contributed by atoms with Crippen LogP contribution in [0, 0.1) is 0 Å². The van der Waals surface area contributed by atoms with E-state index < -0.39 is 0 Å². The number of benzene rings is 1. The molecular formula is C13H14. The summed E-state index contributed by atoms with van der Waals surface area (Å²) in [6, 6.07) is 10.4. The lowest BCUT2D eigenvalue weighted by Crippen LogP contribution is -1.80. The third kappa shape index (κ3) is 2.77. The fraction of sp³-hybridized carbons (Fsp3) is 0.154. The van der Waals surface area contributed by atoms with Gasteiger partial charge in [-0.15, -0.1) is 5.73 Å². The molecule has 0 saturated heterocycles. The van der Waals surface area contributed by atoms with Crippen LogP contribution in [0.1, 0.15) is 18.9 Å². The maximum atomic E-state index is 3.54. The molecule has 0 aliphatic heterocycles. The molecule has 0 N–H and O–H groups in total. The fourth-order valence-electron chi connectivity index (χ4n) is 1.23. The van der Waals surface area contributed by atoms with E-state index in [0.29, 0.717) is 0 Å².